The molecule has 16 heavy (non-hydrogen) atoms. The summed E-state index contributed by atoms with van der Waals surface area (Å²) in [4.78, 5) is 0. The molecule has 3 rings (SSSR count). The second kappa shape index (κ2) is 3.87. The molecule has 0 aromatic heterocycles. The molecule has 2 heterocycles. The van der Waals surface area contributed by atoms with Gasteiger partial charge >= 0.3 is 0 Å². The number of aromatic hydroxyl groups is 1. The van der Waals surface area contributed by atoms with Crippen LogP contribution < -0.4 is 14.8 Å². The van der Waals surface area contributed by atoms with E-state index in [0.717, 1.165) is 30.7 Å². The van der Waals surface area contributed by atoms with Crippen molar-refractivity contribution in [1.29, 1.82) is 0 Å². The molecule has 0 spiro atoms. The van der Waals surface area contributed by atoms with Crippen LogP contribution in [0.15, 0.2) is 12.1 Å². The molecule has 0 amide bonds. The Morgan fingerprint density at radius 1 is 1.25 bits per heavy atom. The van der Waals surface area contributed by atoms with Crippen LogP contribution in [-0.4, -0.2) is 24.9 Å². The Hall–Kier alpha value is -1.42. The van der Waals surface area contributed by atoms with Crippen LogP contribution in [0.4, 0.5) is 0 Å². The molecule has 1 saturated heterocycles. The van der Waals surface area contributed by atoms with Gasteiger partial charge in [0.25, 0.3) is 0 Å². The molecule has 1 unspecified atom stereocenters. The van der Waals surface area contributed by atoms with Crippen molar-refractivity contribution in [3.63, 3.8) is 0 Å². The Labute approximate surface area is 94.2 Å². The van der Waals surface area contributed by atoms with E-state index >= 15 is 0 Å². The van der Waals surface area contributed by atoms with Gasteiger partial charge in [0.05, 0.1) is 5.56 Å². The number of fused-ring (bicyclic) bond motifs is 1. The van der Waals surface area contributed by atoms with Crippen LogP contribution in [-0.2, 0) is 0 Å². The highest BCUT2D eigenvalue weighted by Gasteiger charge is 2.27. The highest BCUT2D eigenvalue weighted by molar-refractivity contribution is 5.55. The van der Waals surface area contributed by atoms with Crippen LogP contribution in [0.3, 0.4) is 0 Å². The van der Waals surface area contributed by atoms with E-state index in [9.17, 15) is 5.11 Å². The van der Waals surface area contributed by atoms with Gasteiger partial charge in [0.1, 0.15) is 19.0 Å². The van der Waals surface area contributed by atoms with Gasteiger partial charge in [-0.2, -0.15) is 0 Å². The highest BCUT2D eigenvalue weighted by atomic mass is 16.6. The molecule has 4 heteroatoms. The van der Waals surface area contributed by atoms with Gasteiger partial charge < -0.3 is 19.9 Å². The van der Waals surface area contributed by atoms with Crippen molar-refractivity contribution in [3.8, 4) is 17.2 Å². The Balaban J connectivity index is 2.06. The minimum atomic E-state index is 0.191. The maximum absolute atomic E-state index is 9.95. The van der Waals surface area contributed by atoms with E-state index in [1.807, 2.05) is 0 Å². The van der Waals surface area contributed by atoms with Gasteiger partial charge in [0.2, 0.25) is 0 Å². The first-order valence-corrected chi connectivity index (χ1v) is 5.71. The smallest absolute Gasteiger partial charge is 0.169 e. The third kappa shape index (κ3) is 1.50. The monoisotopic (exact) mass is 221 g/mol. The van der Waals surface area contributed by atoms with Crippen molar-refractivity contribution >= 4 is 0 Å². The Morgan fingerprint density at radius 2 is 2.12 bits per heavy atom. The zero-order valence-corrected chi connectivity index (χ0v) is 9.03. The van der Waals surface area contributed by atoms with E-state index in [2.05, 4.69) is 5.32 Å². The van der Waals surface area contributed by atoms with Crippen LogP contribution in [0.25, 0.3) is 0 Å². The first-order valence-electron chi connectivity index (χ1n) is 5.71. The minimum absolute atomic E-state index is 0.191. The molecule has 2 aliphatic rings. The molecular formula is C12H15NO3. The molecule has 1 aromatic carbocycles. The third-order valence-electron chi connectivity index (χ3n) is 3.13. The summed E-state index contributed by atoms with van der Waals surface area (Å²) < 4.78 is 11.1. The van der Waals surface area contributed by atoms with Crippen molar-refractivity contribution < 1.29 is 14.6 Å². The summed E-state index contributed by atoms with van der Waals surface area (Å²) in [6.07, 6.45) is 2.17. The lowest BCUT2D eigenvalue weighted by Crippen LogP contribution is -2.20. The summed E-state index contributed by atoms with van der Waals surface area (Å²) in [7, 11) is 0. The third-order valence-corrected chi connectivity index (χ3v) is 3.13. The lowest BCUT2D eigenvalue weighted by Gasteiger charge is -2.24. The van der Waals surface area contributed by atoms with Crippen LogP contribution in [0.1, 0.15) is 24.4 Å². The Bertz CT molecular complexity index is 399. The fourth-order valence-corrected chi connectivity index (χ4v) is 2.39. The Kier molecular flexibility index (Phi) is 2.36. The number of hydrogen-bond donors (Lipinski definition) is 2. The SMILES string of the molecule is Oc1ccc2c(c1C1CCCN1)OCCO2. The highest BCUT2D eigenvalue weighted by Crippen LogP contribution is 2.44. The second-order valence-electron chi connectivity index (χ2n) is 4.17. The summed E-state index contributed by atoms with van der Waals surface area (Å²) in [6, 6.07) is 3.64. The van der Waals surface area contributed by atoms with Crippen LogP contribution in [0, 0.1) is 0 Å². The van der Waals surface area contributed by atoms with Crippen LogP contribution in [0.2, 0.25) is 0 Å². The molecule has 0 radical (unpaired) electrons. The predicted octanol–water partition coefficient (Wildman–Crippen LogP) is 1.59. The van der Waals surface area contributed by atoms with E-state index in [0.29, 0.717) is 24.7 Å². The van der Waals surface area contributed by atoms with Crippen molar-refractivity contribution in [2.24, 2.45) is 0 Å². The average Bonchev–Trinajstić information content (AvgIpc) is 2.82. The normalized spacial score (nSPS) is 23.4. The maximum atomic E-state index is 9.95. The van der Waals surface area contributed by atoms with Crippen molar-refractivity contribution in [3.05, 3.63) is 17.7 Å². The van der Waals surface area contributed by atoms with Crippen molar-refractivity contribution in [2.75, 3.05) is 19.8 Å². The molecule has 0 aliphatic carbocycles. The van der Waals surface area contributed by atoms with Gasteiger partial charge in [-0.25, -0.2) is 0 Å². The van der Waals surface area contributed by atoms with Gasteiger partial charge in [-0.05, 0) is 31.5 Å². The van der Waals surface area contributed by atoms with Gasteiger partial charge in [-0.1, -0.05) is 0 Å². The lowest BCUT2D eigenvalue weighted by molar-refractivity contribution is 0.168. The van der Waals surface area contributed by atoms with Gasteiger partial charge in [0, 0.05) is 6.04 Å². The number of benzene rings is 1. The van der Waals surface area contributed by atoms with E-state index in [-0.39, 0.29) is 6.04 Å². The zero-order valence-electron chi connectivity index (χ0n) is 9.03. The fraction of sp³-hybridized carbons (Fsp3) is 0.500. The van der Waals surface area contributed by atoms with Gasteiger partial charge in [0.15, 0.2) is 11.5 Å². The summed E-state index contributed by atoms with van der Waals surface area (Å²) in [6.45, 7) is 2.13. The largest absolute Gasteiger partial charge is 0.507 e. The number of rotatable bonds is 1. The summed E-state index contributed by atoms with van der Waals surface area (Å²) >= 11 is 0. The molecule has 86 valence electrons. The molecule has 1 aromatic rings. The van der Waals surface area contributed by atoms with E-state index in [1.165, 1.54) is 0 Å². The molecule has 1 fully saturated rings. The van der Waals surface area contributed by atoms with Crippen LogP contribution in [0.5, 0.6) is 17.2 Å². The molecule has 2 aliphatic heterocycles. The van der Waals surface area contributed by atoms with Gasteiger partial charge in [-0.3, -0.25) is 0 Å². The maximum Gasteiger partial charge on any atom is 0.169 e. The quantitative estimate of drug-likeness (QED) is 0.756. The number of nitrogens with one attached hydrogen (secondary N) is 1. The average molecular weight is 221 g/mol. The summed E-state index contributed by atoms with van der Waals surface area (Å²) in [5.41, 5.74) is 0.856. The molecule has 0 bridgehead atoms. The minimum Gasteiger partial charge on any atom is -0.507 e. The molecular weight excluding hydrogens is 206 g/mol. The topological polar surface area (TPSA) is 50.7 Å². The molecule has 2 N–H and O–H groups in total. The fourth-order valence-electron chi connectivity index (χ4n) is 2.39. The lowest BCUT2D eigenvalue weighted by atomic mass is 10.0. The second-order valence-corrected chi connectivity index (χ2v) is 4.17. The van der Waals surface area contributed by atoms with E-state index in [1.54, 1.807) is 12.1 Å². The number of hydrogen-bond acceptors (Lipinski definition) is 4. The standard InChI is InChI=1S/C12H15NO3/c14-9-3-4-10-12(16-7-6-15-10)11(9)8-2-1-5-13-8/h3-4,8,13-14H,1-2,5-7H2. The van der Waals surface area contributed by atoms with Gasteiger partial charge in [-0.15, -0.1) is 0 Å². The molecule has 1 atom stereocenters. The molecule has 0 saturated carbocycles. The van der Waals surface area contributed by atoms with E-state index in [4.69, 9.17) is 9.47 Å². The summed E-state index contributed by atoms with van der Waals surface area (Å²) in [5, 5.41) is 13.3. The van der Waals surface area contributed by atoms with Crippen LogP contribution >= 0.6 is 0 Å². The van der Waals surface area contributed by atoms with Crippen molar-refractivity contribution in [1.82, 2.24) is 5.32 Å². The zero-order chi connectivity index (χ0) is 11.0. The predicted molar refractivity (Wildman–Crippen MR) is 59.1 cm³/mol. The van der Waals surface area contributed by atoms with E-state index < -0.39 is 0 Å². The van der Waals surface area contributed by atoms with Crippen molar-refractivity contribution in [2.45, 2.75) is 18.9 Å². The number of ether oxygens (including phenoxy) is 2. The summed E-state index contributed by atoms with van der Waals surface area (Å²) in [5.74, 6) is 1.75. The Morgan fingerprint density at radius 3 is 2.94 bits per heavy atom. The number of phenols is 1. The number of phenolic OH excluding ortho intramolecular Hbond substituents is 1. The first-order chi connectivity index (χ1) is 7.86. The first kappa shape index (κ1) is 9.78. The molecule has 4 nitrogen and oxygen atoms in total.